The fourth-order valence-corrected chi connectivity index (χ4v) is 2.93. The summed E-state index contributed by atoms with van der Waals surface area (Å²) in [7, 11) is 0. The Bertz CT molecular complexity index is 738. The summed E-state index contributed by atoms with van der Waals surface area (Å²) in [6, 6.07) is 16.6. The van der Waals surface area contributed by atoms with Crippen molar-refractivity contribution in [2.45, 2.75) is 32.7 Å². The molecule has 4 nitrogen and oxygen atoms in total. The van der Waals surface area contributed by atoms with Crippen molar-refractivity contribution >= 4 is 17.6 Å². The molecule has 3 rings (SSSR count). The van der Waals surface area contributed by atoms with E-state index in [1.165, 1.54) is 6.92 Å². The van der Waals surface area contributed by atoms with Gasteiger partial charge in [-0.15, -0.1) is 0 Å². The molecule has 0 aromatic heterocycles. The molecule has 0 radical (unpaired) electrons. The van der Waals surface area contributed by atoms with Gasteiger partial charge in [-0.3, -0.25) is 9.59 Å². The Hall–Kier alpha value is -2.62. The van der Waals surface area contributed by atoms with E-state index in [2.05, 4.69) is 6.92 Å². The maximum atomic E-state index is 13.3. The number of para-hydroxylation sites is 2. The number of carbonyl (C=O) groups is 2. The van der Waals surface area contributed by atoms with Crippen LogP contribution in [-0.2, 0) is 4.79 Å². The molecule has 4 heteroatoms. The summed E-state index contributed by atoms with van der Waals surface area (Å²) in [6.45, 7) is 3.42. The molecule has 0 spiro atoms. The van der Waals surface area contributed by atoms with Crippen LogP contribution in [0.1, 0.15) is 37.0 Å². The summed E-state index contributed by atoms with van der Waals surface area (Å²) in [6.07, 6.45) is 2.28. The zero-order valence-electron chi connectivity index (χ0n) is 13.9. The first kappa shape index (κ1) is 16.2. The quantitative estimate of drug-likeness (QED) is 0.616. The maximum absolute atomic E-state index is 13.3. The molecule has 1 saturated carbocycles. The fourth-order valence-electron chi connectivity index (χ4n) is 2.93. The standard InChI is InChI=1S/C20H21NO3/c1-14(16-12-13-16)21(17-8-4-3-5-9-17)20(23)18-10-6-7-11-19(18)24-15(2)22/h3-11,14,16H,12-13H2,1-2H3/t14-/m0/s1. The molecule has 0 unspecified atom stereocenters. The lowest BCUT2D eigenvalue weighted by molar-refractivity contribution is -0.131. The number of carbonyl (C=O) groups excluding carboxylic acids is 2. The Kier molecular flexibility index (Phi) is 4.65. The SMILES string of the molecule is CC(=O)Oc1ccccc1C(=O)N(c1ccccc1)[C@@H](C)C1CC1. The summed E-state index contributed by atoms with van der Waals surface area (Å²) >= 11 is 0. The van der Waals surface area contributed by atoms with Gasteiger partial charge in [0.2, 0.25) is 0 Å². The number of anilines is 1. The molecule has 1 fully saturated rings. The number of nitrogens with zero attached hydrogens (tertiary/aromatic N) is 1. The Morgan fingerprint density at radius 1 is 1.04 bits per heavy atom. The first-order chi connectivity index (χ1) is 11.6. The number of ether oxygens (including phenoxy) is 1. The van der Waals surface area contributed by atoms with Gasteiger partial charge in [0.05, 0.1) is 5.56 Å². The second-order valence-corrected chi connectivity index (χ2v) is 6.18. The molecule has 0 heterocycles. The first-order valence-electron chi connectivity index (χ1n) is 8.24. The van der Waals surface area contributed by atoms with Gasteiger partial charge in [-0.05, 0) is 49.9 Å². The summed E-state index contributed by atoms with van der Waals surface area (Å²) in [5.41, 5.74) is 1.27. The molecule has 2 aromatic carbocycles. The van der Waals surface area contributed by atoms with Gasteiger partial charge in [-0.25, -0.2) is 0 Å². The van der Waals surface area contributed by atoms with Gasteiger partial charge in [0.25, 0.3) is 5.91 Å². The summed E-state index contributed by atoms with van der Waals surface area (Å²) in [5, 5.41) is 0. The molecule has 1 aliphatic rings. The van der Waals surface area contributed by atoms with Crippen LogP contribution in [0.5, 0.6) is 5.75 Å². The molecule has 2 aromatic rings. The molecule has 0 saturated heterocycles. The van der Waals surface area contributed by atoms with Crippen LogP contribution >= 0.6 is 0 Å². The minimum Gasteiger partial charge on any atom is -0.426 e. The lowest BCUT2D eigenvalue weighted by Crippen LogP contribution is -2.40. The van der Waals surface area contributed by atoms with Crippen molar-refractivity contribution < 1.29 is 14.3 Å². The van der Waals surface area contributed by atoms with E-state index < -0.39 is 5.97 Å². The van der Waals surface area contributed by atoms with Crippen LogP contribution in [0.2, 0.25) is 0 Å². The van der Waals surface area contributed by atoms with E-state index in [1.807, 2.05) is 35.2 Å². The minimum atomic E-state index is -0.434. The third-order valence-electron chi connectivity index (χ3n) is 4.34. The van der Waals surface area contributed by atoms with Crippen molar-refractivity contribution in [3.05, 3.63) is 60.2 Å². The topological polar surface area (TPSA) is 46.6 Å². The monoisotopic (exact) mass is 323 g/mol. The predicted octanol–water partition coefficient (Wildman–Crippen LogP) is 4.06. The van der Waals surface area contributed by atoms with Crippen LogP contribution in [0.3, 0.4) is 0 Å². The Labute approximate surface area is 142 Å². The summed E-state index contributed by atoms with van der Waals surface area (Å²) < 4.78 is 5.22. The lowest BCUT2D eigenvalue weighted by Gasteiger charge is -2.30. The number of hydrogen-bond donors (Lipinski definition) is 0. The Balaban J connectivity index is 1.99. The molecule has 124 valence electrons. The lowest BCUT2D eigenvalue weighted by atomic mass is 10.1. The largest absolute Gasteiger partial charge is 0.426 e. The highest BCUT2D eigenvalue weighted by atomic mass is 16.5. The van der Waals surface area contributed by atoms with Crippen molar-refractivity contribution in [2.75, 3.05) is 4.90 Å². The second kappa shape index (κ2) is 6.87. The van der Waals surface area contributed by atoms with Crippen molar-refractivity contribution in [3.63, 3.8) is 0 Å². The van der Waals surface area contributed by atoms with Crippen LogP contribution in [-0.4, -0.2) is 17.9 Å². The number of esters is 1. The number of benzene rings is 2. The van der Waals surface area contributed by atoms with E-state index in [0.717, 1.165) is 18.5 Å². The molecule has 24 heavy (non-hydrogen) atoms. The molecule has 1 amide bonds. The Morgan fingerprint density at radius 3 is 2.29 bits per heavy atom. The average molecular weight is 323 g/mol. The molecule has 0 aliphatic heterocycles. The summed E-state index contributed by atoms with van der Waals surface area (Å²) in [5.74, 6) is 0.253. The maximum Gasteiger partial charge on any atom is 0.308 e. The van der Waals surface area contributed by atoms with Crippen LogP contribution < -0.4 is 9.64 Å². The van der Waals surface area contributed by atoms with Crippen molar-refractivity contribution in [3.8, 4) is 5.75 Å². The number of hydrogen-bond acceptors (Lipinski definition) is 3. The van der Waals surface area contributed by atoms with E-state index in [9.17, 15) is 9.59 Å². The highest BCUT2D eigenvalue weighted by Crippen LogP contribution is 2.38. The molecular weight excluding hydrogens is 302 g/mol. The zero-order valence-corrected chi connectivity index (χ0v) is 13.9. The fraction of sp³-hybridized carbons (Fsp3) is 0.300. The molecule has 0 N–H and O–H groups in total. The van der Waals surface area contributed by atoms with Crippen LogP contribution in [0.4, 0.5) is 5.69 Å². The molecule has 1 aliphatic carbocycles. The van der Waals surface area contributed by atoms with Crippen LogP contribution in [0.15, 0.2) is 54.6 Å². The van der Waals surface area contributed by atoms with Crippen LogP contribution in [0, 0.1) is 5.92 Å². The van der Waals surface area contributed by atoms with Gasteiger partial charge in [-0.1, -0.05) is 30.3 Å². The Morgan fingerprint density at radius 2 is 1.67 bits per heavy atom. The molecule has 1 atom stereocenters. The summed E-state index contributed by atoms with van der Waals surface area (Å²) in [4.78, 5) is 26.4. The second-order valence-electron chi connectivity index (χ2n) is 6.18. The van der Waals surface area contributed by atoms with Gasteiger partial charge in [0.1, 0.15) is 5.75 Å². The first-order valence-corrected chi connectivity index (χ1v) is 8.24. The van der Waals surface area contributed by atoms with Crippen molar-refractivity contribution in [2.24, 2.45) is 5.92 Å². The van der Waals surface area contributed by atoms with E-state index >= 15 is 0 Å². The van der Waals surface area contributed by atoms with Crippen molar-refractivity contribution in [1.29, 1.82) is 0 Å². The molecule has 0 bridgehead atoms. The number of rotatable bonds is 5. The van der Waals surface area contributed by atoms with Crippen LogP contribution in [0.25, 0.3) is 0 Å². The predicted molar refractivity (Wildman–Crippen MR) is 93.2 cm³/mol. The van der Waals surface area contributed by atoms with Gasteiger partial charge in [0.15, 0.2) is 0 Å². The van der Waals surface area contributed by atoms with E-state index in [-0.39, 0.29) is 11.9 Å². The minimum absolute atomic E-state index is 0.102. The van der Waals surface area contributed by atoms with Gasteiger partial charge >= 0.3 is 5.97 Å². The van der Waals surface area contributed by atoms with E-state index in [1.54, 1.807) is 24.3 Å². The zero-order chi connectivity index (χ0) is 17.1. The van der Waals surface area contributed by atoms with Crippen molar-refractivity contribution in [1.82, 2.24) is 0 Å². The highest BCUT2D eigenvalue weighted by molar-refractivity contribution is 6.08. The van der Waals surface area contributed by atoms with Gasteiger partial charge < -0.3 is 9.64 Å². The average Bonchev–Trinajstić information content (AvgIpc) is 3.41. The number of amides is 1. The smallest absolute Gasteiger partial charge is 0.308 e. The van der Waals surface area contributed by atoms with Gasteiger partial charge in [0, 0.05) is 18.7 Å². The normalized spacial score (nSPS) is 14.8. The highest BCUT2D eigenvalue weighted by Gasteiger charge is 2.36. The van der Waals surface area contributed by atoms with E-state index in [4.69, 9.17) is 4.74 Å². The molecular formula is C20H21NO3. The van der Waals surface area contributed by atoms with E-state index in [0.29, 0.717) is 17.2 Å². The third kappa shape index (κ3) is 3.48. The van der Waals surface area contributed by atoms with Gasteiger partial charge in [-0.2, -0.15) is 0 Å². The third-order valence-corrected chi connectivity index (χ3v) is 4.34.